The van der Waals surface area contributed by atoms with Crippen molar-refractivity contribution in [3.63, 3.8) is 0 Å². The molecule has 0 fully saturated rings. The predicted octanol–water partition coefficient (Wildman–Crippen LogP) is 2.90. The van der Waals surface area contributed by atoms with Gasteiger partial charge >= 0.3 is 22.6 Å². The van der Waals surface area contributed by atoms with Crippen LogP contribution < -0.4 is 0 Å². The number of ether oxygens (including phenoxy) is 1. The van der Waals surface area contributed by atoms with E-state index in [1.54, 1.807) is 44.9 Å². The Bertz CT molecular complexity index is 1020. The molecule has 0 saturated carbocycles. The van der Waals surface area contributed by atoms with E-state index in [9.17, 15) is 0 Å². The fraction of sp³-hybridized carbons (Fsp3) is 0. The van der Waals surface area contributed by atoms with Gasteiger partial charge in [0.15, 0.2) is 0 Å². The van der Waals surface area contributed by atoms with Crippen LogP contribution in [0.1, 0.15) is 5.56 Å². The van der Waals surface area contributed by atoms with Crippen molar-refractivity contribution in [2.24, 2.45) is 0 Å². The van der Waals surface area contributed by atoms with E-state index in [4.69, 9.17) is 14.0 Å². The van der Waals surface area contributed by atoms with Crippen molar-refractivity contribution in [1.82, 2.24) is 29.1 Å². The molecular formula is C22H18BMoN6O3-. The van der Waals surface area contributed by atoms with Gasteiger partial charge in [-0.25, -0.2) is 15.3 Å². The van der Waals surface area contributed by atoms with Crippen molar-refractivity contribution in [2.75, 3.05) is 0 Å². The summed E-state index contributed by atoms with van der Waals surface area (Å²) in [5.74, 6) is 0. The van der Waals surface area contributed by atoms with E-state index in [0.717, 1.165) is 5.57 Å². The molecule has 164 valence electrons. The molecule has 0 unspecified atom stereocenters. The average molecular weight is 521 g/mol. The van der Waals surface area contributed by atoms with Crippen LogP contribution in [0.4, 0.5) is 0 Å². The Balaban J connectivity index is 0.000000287. The molecule has 11 heteroatoms. The molecule has 5 rings (SSSR count). The Morgan fingerprint density at radius 3 is 1.58 bits per heavy atom. The number of allylic oxidation sites excluding steroid dienone is 2. The third-order valence-corrected chi connectivity index (χ3v) is 4.02. The monoisotopic (exact) mass is 523 g/mol. The maximum atomic E-state index is 7.50. The minimum Gasteiger partial charge on any atom is -0.473 e. The maximum absolute atomic E-state index is 7.50. The van der Waals surface area contributed by atoms with Gasteiger partial charge < -0.3 is 18.5 Å². The standard InChI is InChI=1S/C11H9O.C9H9BN6.2CO.Mo/c1-2-5-10(6-3-1)11-7-4-8-12-9-11;1-4-11-14(7-1)10(15-8-2-5-12-15)16-9-3-6-13-16;2*1-2;/h1-9H;1-9H;;;/q;-1;;;. The molecule has 9 nitrogen and oxygen atoms in total. The quantitative estimate of drug-likeness (QED) is 0.234. The van der Waals surface area contributed by atoms with Gasteiger partial charge in [-0.05, 0) is 48.4 Å². The summed E-state index contributed by atoms with van der Waals surface area (Å²) in [6.07, 6.45) is 18.2. The molecule has 33 heavy (non-hydrogen) atoms. The van der Waals surface area contributed by atoms with Gasteiger partial charge in [0.2, 0.25) is 0 Å². The van der Waals surface area contributed by atoms with Crippen LogP contribution in [0.25, 0.3) is 5.57 Å². The Kier molecular flexibility index (Phi) is 13.3. The summed E-state index contributed by atoms with van der Waals surface area (Å²) in [6, 6.07) is 15.8. The minimum atomic E-state index is -0.194. The van der Waals surface area contributed by atoms with Crippen molar-refractivity contribution in [3.05, 3.63) is 130 Å². The van der Waals surface area contributed by atoms with E-state index in [1.807, 2.05) is 67.5 Å². The predicted molar refractivity (Wildman–Crippen MR) is 115 cm³/mol. The molecule has 1 aliphatic rings. The molecule has 0 bridgehead atoms. The second kappa shape index (κ2) is 16.1. The van der Waals surface area contributed by atoms with Gasteiger partial charge in [-0.2, -0.15) is 0 Å². The summed E-state index contributed by atoms with van der Waals surface area (Å²) in [4.78, 5) is 0. The van der Waals surface area contributed by atoms with E-state index in [0.29, 0.717) is 0 Å². The van der Waals surface area contributed by atoms with Crippen LogP contribution in [0.15, 0.2) is 104 Å². The van der Waals surface area contributed by atoms with Crippen molar-refractivity contribution in [1.29, 1.82) is 0 Å². The van der Waals surface area contributed by atoms with E-state index in [-0.39, 0.29) is 28.2 Å². The number of rotatable bonds is 4. The van der Waals surface area contributed by atoms with Crippen LogP contribution >= 0.6 is 0 Å². The number of hydrogen-bond donors (Lipinski definition) is 0. The van der Waals surface area contributed by atoms with Crippen LogP contribution in [-0.2, 0) is 35.1 Å². The molecule has 0 amide bonds. The van der Waals surface area contributed by atoms with Gasteiger partial charge in [0.1, 0.15) is 0 Å². The molecule has 2 radical (unpaired) electrons. The van der Waals surface area contributed by atoms with Crippen molar-refractivity contribution in [3.8, 4) is 0 Å². The van der Waals surface area contributed by atoms with E-state index in [1.165, 1.54) is 5.56 Å². The Morgan fingerprint density at radius 2 is 1.21 bits per heavy atom. The molecule has 0 spiro atoms. The zero-order chi connectivity index (χ0) is 23.0. The average Bonchev–Trinajstić information content (AvgIpc) is 3.69. The topological polar surface area (TPSA) is 102 Å². The third-order valence-electron chi connectivity index (χ3n) is 4.02. The van der Waals surface area contributed by atoms with E-state index < -0.39 is 0 Å². The normalized spacial score (nSPS) is 11.0. The smallest absolute Gasteiger partial charge is 0.260 e. The zero-order valence-electron chi connectivity index (χ0n) is 17.3. The van der Waals surface area contributed by atoms with Crippen molar-refractivity contribution >= 4 is 12.7 Å². The first-order valence-corrected chi connectivity index (χ1v) is 9.21. The summed E-state index contributed by atoms with van der Waals surface area (Å²) in [6.45, 7) is 9.00. The first-order chi connectivity index (χ1) is 15.9. The number of aromatic nitrogens is 6. The van der Waals surface area contributed by atoms with Gasteiger partial charge in [-0.1, -0.05) is 30.3 Å². The van der Waals surface area contributed by atoms with E-state index in [2.05, 4.69) is 40.7 Å². The van der Waals surface area contributed by atoms with Gasteiger partial charge in [0, 0.05) is 51.6 Å². The molecule has 4 aromatic rings. The second-order valence-corrected chi connectivity index (χ2v) is 5.88. The van der Waals surface area contributed by atoms with Crippen LogP contribution in [0, 0.1) is 19.7 Å². The number of hydrogen-bond acceptors (Lipinski definition) is 4. The van der Waals surface area contributed by atoms with Crippen LogP contribution in [-0.4, -0.2) is 36.2 Å². The Hall–Kier alpha value is -3.64. The second-order valence-electron chi connectivity index (χ2n) is 5.88. The molecule has 1 aromatic carbocycles. The van der Waals surface area contributed by atoms with Gasteiger partial charge in [0.25, 0.3) is 7.12 Å². The van der Waals surface area contributed by atoms with Gasteiger partial charge in [-0.15, -0.1) is 0 Å². The number of nitrogens with zero attached hydrogens (tertiary/aromatic N) is 6. The molecule has 1 aliphatic heterocycles. The minimum absolute atomic E-state index is 0. The largest absolute Gasteiger partial charge is 0.473 e. The SMILES string of the molecule is [C-]#[O+].[C-]#[O+].[CH]1C=COC=C1c1ccccc1.[Mo].c1cnn([B-](n2cccn2)n2cccn2)c1. The molecule has 0 saturated heterocycles. The molecule has 4 heterocycles. The fourth-order valence-electron chi connectivity index (χ4n) is 2.75. The Morgan fingerprint density at radius 1 is 0.727 bits per heavy atom. The first-order valence-electron chi connectivity index (χ1n) is 9.21. The van der Waals surface area contributed by atoms with Crippen LogP contribution in [0.3, 0.4) is 0 Å². The fourth-order valence-corrected chi connectivity index (χ4v) is 2.75. The first kappa shape index (κ1) is 27.4. The summed E-state index contributed by atoms with van der Waals surface area (Å²) >= 11 is 0. The summed E-state index contributed by atoms with van der Waals surface area (Å²) < 4.78 is 25.4. The van der Waals surface area contributed by atoms with Crippen molar-refractivity contribution < 1.29 is 35.1 Å². The zero-order valence-corrected chi connectivity index (χ0v) is 19.3. The van der Waals surface area contributed by atoms with E-state index >= 15 is 0 Å². The molecular weight excluding hydrogens is 503 g/mol. The molecule has 0 aliphatic carbocycles. The summed E-state index contributed by atoms with van der Waals surface area (Å²) in [7, 11) is -0.194. The maximum Gasteiger partial charge on any atom is 0.260 e. The van der Waals surface area contributed by atoms with Crippen LogP contribution in [0.5, 0.6) is 0 Å². The Labute approximate surface area is 206 Å². The molecule has 0 atom stereocenters. The summed E-state index contributed by atoms with van der Waals surface area (Å²) in [5.41, 5.74) is 2.29. The molecule has 0 N–H and O–H groups in total. The van der Waals surface area contributed by atoms with Crippen LogP contribution in [0.2, 0.25) is 0 Å². The van der Waals surface area contributed by atoms with Gasteiger partial charge in [0.05, 0.1) is 12.5 Å². The molecule has 3 aromatic heterocycles. The summed E-state index contributed by atoms with van der Waals surface area (Å²) in [5, 5.41) is 12.7. The number of benzene rings is 1. The third kappa shape index (κ3) is 8.09. The van der Waals surface area contributed by atoms with Gasteiger partial charge in [-0.3, -0.25) is 0 Å². The van der Waals surface area contributed by atoms with Crippen molar-refractivity contribution in [2.45, 2.75) is 0 Å².